The molecule has 0 radical (unpaired) electrons. The minimum absolute atomic E-state index is 0.0389. The topological polar surface area (TPSA) is 49.5 Å². The summed E-state index contributed by atoms with van der Waals surface area (Å²) in [6.07, 6.45) is -0.716. The summed E-state index contributed by atoms with van der Waals surface area (Å²) in [6.45, 7) is 34.9. The average molecular weight is 505 g/mol. The summed E-state index contributed by atoms with van der Waals surface area (Å²) in [6, 6.07) is 0. The first-order valence-corrected chi connectivity index (χ1v) is 21.0. The van der Waals surface area contributed by atoms with Crippen LogP contribution in [0.2, 0.25) is 54.4 Å². The van der Waals surface area contributed by atoms with Crippen LogP contribution in [0, 0.1) is 0 Å². The molecule has 2 fully saturated rings. The second-order valence-electron chi connectivity index (χ2n) is 14.4. The van der Waals surface area contributed by atoms with Crippen molar-refractivity contribution < 1.29 is 22.8 Å². The molecular formula is C24H52O5Si3. The van der Waals surface area contributed by atoms with Crippen LogP contribution < -0.4 is 0 Å². The van der Waals surface area contributed by atoms with Crippen molar-refractivity contribution in [2.75, 3.05) is 6.61 Å². The second-order valence-corrected chi connectivity index (χ2v) is 28.7. The molecule has 2 rings (SSSR count). The monoisotopic (exact) mass is 504 g/mol. The summed E-state index contributed by atoms with van der Waals surface area (Å²) in [5, 5.41) is 0.359. The van der Waals surface area contributed by atoms with Crippen molar-refractivity contribution in [3.8, 4) is 0 Å². The summed E-state index contributed by atoms with van der Waals surface area (Å²) >= 11 is 0. The Balaban J connectivity index is 2.35. The Labute approximate surface area is 201 Å². The van der Waals surface area contributed by atoms with E-state index in [1.165, 1.54) is 0 Å². The molecule has 5 atom stereocenters. The Morgan fingerprint density at radius 3 is 1.41 bits per heavy atom. The van der Waals surface area contributed by atoms with Crippen molar-refractivity contribution in [1.29, 1.82) is 0 Å². The molecule has 0 aliphatic carbocycles. The smallest absolute Gasteiger partial charge is 0.192 e. The number of fused-ring (bicyclic) bond motifs is 1. The van der Waals surface area contributed by atoms with Crippen LogP contribution in [0.1, 0.15) is 62.3 Å². The van der Waals surface area contributed by atoms with E-state index >= 15 is 0 Å². The SMILES string of the molecule is CC(C)(C)[Si](C)(C)OC[C@H]1O[C@H]2O[C@@H]2[C@@H](O[Si](C)(C)C(C)(C)C)[C@H]1O[Si](C)(C)C(C)(C)C. The van der Waals surface area contributed by atoms with Crippen LogP contribution in [0.5, 0.6) is 0 Å². The quantitative estimate of drug-likeness (QED) is 0.278. The molecule has 2 aliphatic heterocycles. The molecule has 0 unspecified atom stereocenters. The third-order valence-corrected chi connectivity index (χ3v) is 22.1. The van der Waals surface area contributed by atoms with Gasteiger partial charge in [-0.05, 0) is 54.4 Å². The number of rotatable bonds is 7. The Bertz CT molecular complexity index is 658. The normalized spacial score (nSPS) is 30.3. The van der Waals surface area contributed by atoms with Gasteiger partial charge >= 0.3 is 0 Å². The van der Waals surface area contributed by atoms with Gasteiger partial charge in [-0.1, -0.05) is 62.3 Å². The fraction of sp³-hybridized carbons (Fsp3) is 1.00. The third kappa shape index (κ3) is 6.17. The van der Waals surface area contributed by atoms with Gasteiger partial charge in [0.25, 0.3) is 0 Å². The van der Waals surface area contributed by atoms with Crippen LogP contribution >= 0.6 is 0 Å². The van der Waals surface area contributed by atoms with Crippen LogP contribution in [-0.4, -0.2) is 62.3 Å². The zero-order valence-electron chi connectivity index (χ0n) is 23.6. The van der Waals surface area contributed by atoms with E-state index < -0.39 is 25.0 Å². The van der Waals surface area contributed by atoms with E-state index in [1.807, 2.05) is 0 Å². The average Bonchev–Trinajstić information content (AvgIpc) is 3.31. The summed E-state index contributed by atoms with van der Waals surface area (Å²) in [5.41, 5.74) is 0. The maximum atomic E-state index is 7.04. The molecule has 2 aliphatic rings. The number of hydrogen-bond acceptors (Lipinski definition) is 5. The van der Waals surface area contributed by atoms with Gasteiger partial charge in [-0.2, -0.15) is 0 Å². The molecule has 0 amide bonds. The van der Waals surface area contributed by atoms with Gasteiger partial charge in [-0.3, -0.25) is 0 Å². The first-order valence-electron chi connectivity index (χ1n) is 12.3. The minimum Gasteiger partial charge on any atom is -0.414 e. The van der Waals surface area contributed by atoms with Crippen molar-refractivity contribution >= 4 is 25.0 Å². The van der Waals surface area contributed by atoms with Gasteiger partial charge in [0.05, 0.1) is 6.61 Å². The van der Waals surface area contributed by atoms with Crippen LogP contribution in [-0.2, 0) is 22.8 Å². The molecule has 2 saturated heterocycles. The molecule has 0 aromatic rings. The van der Waals surface area contributed by atoms with Crippen molar-refractivity contribution in [3.63, 3.8) is 0 Å². The lowest BCUT2D eigenvalue weighted by Crippen LogP contribution is -2.61. The summed E-state index contributed by atoms with van der Waals surface area (Å²) in [4.78, 5) is 0. The van der Waals surface area contributed by atoms with Gasteiger partial charge in [0, 0.05) is 0 Å². The molecule has 0 spiro atoms. The lowest BCUT2D eigenvalue weighted by atomic mass is 10.0. The summed E-state index contributed by atoms with van der Waals surface area (Å²) in [7, 11) is -6.00. The lowest BCUT2D eigenvalue weighted by molar-refractivity contribution is -0.133. The molecule has 190 valence electrons. The highest BCUT2D eigenvalue weighted by atomic mass is 28.4. The molecule has 0 N–H and O–H groups in total. The first-order chi connectivity index (χ1) is 14.0. The van der Waals surface area contributed by atoms with Crippen LogP contribution in [0.4, 0.5) is 0 Å². The van der Waals surface area contributed by atoms with E-state index in [9.17, 15) is 0 Å². The summed E-state index contributed by atoms with van der Waals surface area (Å²) in [5.74, 6) is 0. The van der Waals surface area contributed by atoms with E-state index in [1.54, 1.807) is 0 Å². The molecule has 5 nitrogen and oxygen atoms in total. The predicted molar refractivity (Wildman–Crippen MR) is 141 cm³/mol. The number of hydrogen-bond donors (Lipinski definition) is 0. The second kappa shape index (κ2) is 8.84. The molecule has 0 aromatic carbocycles. The molecule has 0 aromatic heterocycles. The molecule has 32 heavy (non-hydrogen) atoms. The van der Waals surface area contributed by atoms with Gasteiger partial charge in [0.15, 0.2) is 31.2 Å². The van der Waals surface area contributed by atoms with Crippen molar-refractivity contribution in [2.45, 2.75) is 147 Å². The van der Waals surface area contributed by atoms with Crippen molar-refractivity contribution in [1.82, 2.24) is 0 Å². The zero-order valence-corrected chi connectivity index (χ0v) is 26.6. The van der Waals surface area contributed by atoms with E-state index in [4.69, 9.17) is 22.8 Å². The van der Waals surface area contributed by atoms with Crippen molar-refractivity contribution in [3.05, 3.63) is 0 Å². The van der Waals surface area contributed by atoms with Gasteiger partial charge in [0.2, 0.25) is 0 Å². The van der Waals surface area contributed by atoms with Crippen molar-refractivity contribution in [2.24, 2.45) is 0 Å². The fourth-order valence-electron chi connectivity index (χ4n) is 3.05. The maximum absolute atomic E-state index is 7.04. The van der Waals surface area contributed by atoms with E-state index in [-0.39, 0.29) is 45.8 Å². The Hall–Kier alpha value is 0.451. The van der Waals surface area contributed by atoms with Crippen LogP contribution in [0.15, 0.2) is 0 Å². The predicted octanol–water partition coefficient (Wildman–Crippen LogP) is 6.91. The number of epoxide rings is 1. The van der Waals surface area contributed by atoms with Gasteiger partial charge in [-0.25, -0.2) is 0 Å². The van der Waals surface area contributed by atoms with E-state index in [2.05, 4.69) is 102 Å². The number of ether oxygens (including phenoxy) is 2. The van der Waals surface area contributed by atoms with Gasteiger partial charge < -0.3 is 22.8 Å². The Morgan fingerprint density at radius 1 is 0.594 bits per heavy atom. The highest BCUT2D eigenvalue weighted by Crippen LogP contribution is 2.47. The van der Waals surface area contributed by atoms with Crippen LogP contribution in [0.3, 0.4) is 0 Å². The van der Waals surface area contributed by atoms with E-state index in [0.29, 0.717) is 6.61 Å². The van der Waals surface area contributed by atoms with Gasteiger partial charge in [0.1, 0.15) is 24.4 Å². The standard InChI is InChI=1S/C24H52O5Si3/c1-22(2,3)30(10,11)25-16-17-18(28-31(12,13)23(4,5)6)19(20-21(26-17)27-20)29-32(14,15)24(7,8)9/h17-21H,16H2,1-15H3/t17-,18+,19+,20-,21+/m1/s1. The lowest BCUT2D eigenvalue weighted by Gasteiger charge is -2.48. The van der Waals surface area contributed by atoms with Crippen LogP contribution in [0.25, 0.3) is 0 Å². The molecule has 2 heterocycles. The largest absolute Gasteiger partial charge is 0.414 e. The molecule has 0 saturated carbocycles. The molecule has 8 heteroatoms. The molecular weight excluding hydrogens is 453 g/mol. The Kier molecular flexibility index (Phi) is 7.92. The minimum atomic E-state index is -2.06. The zero-order chi connectivity index (χ0) is 25.1. The van der Waals surface area contributed by atoms with Gasteiger partial charge in [-0.15, -0.1) is 0 Å². The Morgan fingerprint density at radius 2 is 1.00 bits per heavy atom. The highest BCUT2D eigenvalue weighted by molar-refractivity contribution is 6.75. The molecule has 0 bridgehead atoms. The highest BCUT2D eigenvalue weighted by Gasteiger charge is 2.61. The first kappa shape index (κ1) is 28.7. The summed E-state index contributed by atoms with van der Waals surface area (Å²) < 4.78 is 33.0. The maximum Gasteiger partial charge on any atom is 0.192 e. The van der Waals surface area contributed by atoms with E-state index in [0.717, 1.165) is 0 Å². The third-order valence-electron chi connectivity index (χ3n) is 8.69. The fourth-order valence-corrected chi connectivity index (χ4v) is 6.69.